The Hall–Kier alpha value is -2.80. The second-order valence-corrected chi connectivity index (χ2v) is 6.47. The molecule has 6 nitrogen and oxygen atoms in total. The predicted octanol–water partition coefficient (Wildman–Crippen LogP) is 4.05. The van der Waals surface area contributed by atoms with Crippen molar-refractivity contribution in [3.63, 3.8) is 0 Å². The SMILES string of the molecule is CCC(C)c1ccc(O)c(NC(=S)NC(=O)c2ccc(OC)cc2OC)c1. The second-order valence-electron chi connectivity index (χ2n) is 6.06. The van der Waals surface area contributed by atoms with E-state index in [-0.39, 0.29) is 10.9 Å². The van der Waals surface area contributed by atoms with Crippen molar-refractivity contribution >= 4 is 28.9 Å². The van der Waals surface area contributed by atoms with Crippen LogP contribution in [-0.2, 0) is 0 Å². The van der Waals surface area contributed by atoms with Crippen LogP contribution in [0, 0.1) is 0 Å². The number of carbonyl (C=O) groups is 1. The van der Waals surface area contributed by atoms with Gasteiger partial charge in [0.1, 0.15) is 17.2 Å². The van der Waals surface area contributed by atoms with Crippen LogP contribution >= 0.6 is 12.2 Å². The fraction of sp³-hybridized carbons (Fsp3) is 0.300. The van der Waals surface area contributed by atoms with Crippen LogP contribution in [0.2, 0.25) is 0 Å². The first-order chi connectivity index (χ1) is 12.9. The van der Waals surface area contributed by atoms with E-state index in [9.17, 15) is 9.90 Å². The molecular weight excluding hydrogens is 364 g/mol. The highest BCUT2D eigenvalue weighted by Gasteiger charge is 2.16. The number of amides is 1. The first kappa shape index (κ1) is 20.5. The molecule has 144 valence electrons. The van der Waals surface area contributed by atoms with Gasteiger partial charge in [0.25, 0.3) is 5.91 Å². The Balaban J connectivity index is 2.13. The second kappa shape index (κ2) is 9.23. The third kappa shape index (κ3) is 5.10. The van der Waals surface area contributed by atoms with E-state index in [1.54, 1.807) is 24.3 Å². The lowest BCUT2D eigenvalue weighted by Gasteiger charge is -2.15. The van der Waals surface area contributed by atoms with Crippen LogP contribution in [0.4, 0.5) is 5.69 Å². The van der Waals surface area contributed by atoms with Crippen molar-refractivity contribution in [3.05, 3.63) is 47.5 Å². The molecule has 0 saturated heterocycles. The molecule has 0 fully saturated rings. The van der Waals surface area contributed by atoms with Crippen LogP contribution < -0.4 is 20.1 Å². The van der Waals surface area contributed by atoms with Crippen LogP contribution in [0.3, 0.4) is 0 Å². The molecule has 1 atom stereocenters. The summed E-state index contributed by atoms with van der Waals surface area (Å²) in [7, 11) is 3.01. The summed E-state index contributed by atoms with van der Waals surface area (Å²) in [5.41, 5.74) is 1.84. The number of phenolic OH excluding ortho intramolecular Hbond substituents is 1. The fourth-order valence-electron chi connectivity index (χ4n) is 2.51. The van der Waals surface area contributed by atoms with Gasteiger partial charge in [0.2, 0.25) is 0 Å². The van der Waals surface area contributed by atoms with Gasteiger partial charge in [0.15, 0.2) is 5.11 Å². The highest BCUT2D eigenvalue weighted by molar-refractivity contribution is 7.80. The lowest BCUT2D eigenvalue weighted by Crippen LogP contribution is -2.34. The molecule has 2 rings (SSSR count). The lowest BCUT2D eigenvalue weighted by molar-refractivity contribution is 0.0974. The van der Waals surface area contributed by atoms with Gasteiger partial charge < -0.3 is 19.9 Å². The number of rotatable bonds is 6. The molecule has 0 aliphatic carbocycles. The average Bonchev–Trinajstić information content (AvgIpc) is 2.68. The highest BCUT2D eigenvalue weighted by atomic mass is 32.1. The molecule has 0 bridgehead atoms. The lowest BCUT2D eigenvalue weighted by atomic mass is 9.98. The van der Waals surface area contributed by atoms with E-state index in [0.29, 0.717) is 28.7 Å². The largest absolute Gasteiger partial charge is 0.506 e. The van der Waals surface area contributed by atoms with Crippen molar-refractivity contribution < 1.29 is 19.4 Å². The molecule has 1 unspecified atom stereocenters. The minimum absolute atomic E-state index is 0.0562. The molecule has 7 heteroatoms. The van der Waals surface area contributed by atoms with Crippen molar-refractivity contribution in [3.8, 4) is 17.2 Å². The quantitative estimate of drug-likeness (QED) is 0.512. The van der Waals surface area contributed by atoms with E-state index < -0.39 is 5.91 Å². The van der Waals surface area contributed by atoms with Crippen LogP contribution in [0.25, 0.3) is 0 Å². The van der Waals surface area contributed by atoms with E-state index in [1.165, 1.54) is 14.2 Å². The van der Waals surface area contributed by atoms with Gasteiger partial charge in [0.05, 0.1) is 25.5 Å². The molecule has 0 radical (unpaired) electrons. The summed E-state index contributed by atoms with van der Waals surface area (Å²) >= 11 is 5.22. The number of nitrogens with one attached hydrogen (secondary N) is 2. The number of benzene rings is 2. The third-order valence-corrected chi connectivity index (χ3v) is 4.53. The van der Waals surface area contributed by atoms with Gasteiger partial charge in [-0.25, -0.2) is 0 Å². The summed E-state index contributed by atoms with van der Waals surface area (Å²) < 4.78 is 10.4. The van der Waals surface area contributed by atoms with E-state index in [2.05, 4.69) is 24.5 Å². The molecular formula is C20H24N2O4S. The Morgan fingerprint density at radius 3 is 2.56 bits per heavy atom. The van der Waals surface area contributed by atoms with Gasteiger partial charge in [-0.3, -0.25) is 10.1 Å². The first-order valence-electron chi connectivity index (χ1n) is 8.56. The van der Waals surface area contributed by atoms with E-state index in [4.69, 9.17) is 21.7 Å². The van der Waals surface area contributed by atoms with Gasteiger partial charge in [-0.1, -0.05) is 19.9 Å². The van der Waals surface area contributed by atoms with E-state index in [0.717, 1.165) is 12.0 Å². The zero-order valence-corrected chi connectivity index (χ0v) is 16.6. The average molecular weight is 388 g/mol. The number of hydrogen-bond donors (Lipinski definition) is 3. The van der Waals surface area contributed by atoms with Gasteiger partial charge in [-0.15, -0.1) is 0 Å². The normalized spacial score (nSPS) is 11.4. The molecule has 3 N–H and O–H groups in total. The Bertz CT molecular complexity index is 839. The van der Waals surface area contributed by atoms with Crippen molar-refractivity contribution in [1.29, 1.82) is 0 Å². The summed E-state index contributed by atoms with van der Waals surface area (Å²) in [4.78, 5) is 12.5. The molecule has 2 aromatic carbocycles. The zero-order valence-electron chi connectivity index (χ0n) is 15.8. The standard InChI is InChI=1S/C20H24N2O4S/c1-5-12(2)13-6-9-17(23)16(10-13)21-20(27)22-19(24)15-8-7-14(25-3)11-18(15)26-4/h6-12,23H,5H2,1-4H3,(H2,21,22,24,27). The Morgan fingerprint density at radius 2 is 1.93 bits per heavy atom. The predicted molar refractivity (Wildman–Crippen MR) is 110 cm³/mol. The molecule has 2 aromatic rings. The van der Waals surface area contributed by atoms with Crippen molar-refractivity contribution in [1.82, 2.24) is 5.32 Å². The monoisotopic (exact) mass is 388 g/mol. The van der Waals surface area contributed by atoms with Gasteiger partial charge in [-0.2, -0.15) is 0 Å². The summed E-state index contributed by atoms with van der Waals surface area (Å²) in [5, 5.41) is 15.6. The summed E-state index contributed by atoms with van der Waals surface area (Å²) in [6.45, 7) is 4.20. The minimum Gasteiger partial charge on any atom is -0.506 e. The smallest absolute Gasteiger partial charge is 0.261 e. The third-order valence-electron chi connectivity index (χ3n) is 4.33. The Labute approximate surface area is 164 Å². The summed E-state index contributed by atoms with van der Waals surface area (Å²) in [6.07, 6.45) is 0.975. The number of hydrogen-bond acceptors (Lipinski definition) is 5. The van der Waals surface area contributed by atoms with Crippen molar-refractivity contribution in [2.45, 2.75) is 26.2 Å². The minimum atomic E-state index is -0.426. The van der Waals surface area contributed by atoms with Crippen molar-refractivity contribution in [2.24, 2.45) is 0 Å². The van der Waals surface area contributed by atoms with Gasteiger partial charge in [-0.05, 0) is 54.4 Å². The zero-order chi connectivity index (χ0) is 20.0. The number of thiocarbonyl (C=S) groups is 1. The number of carbonyl (C=O) groups excluding carboxylic acids is 1. The Morgan fingerprint density at radius 1 is 1.19 bits per heavy atom. The summed E-state index contributed by atoms with van der Waals surface area (Å²) in [5.74, 6) is 0.926. The molecule has 0 spiro atoms. The maximum absolute atomic E-state index is 12.5. The molecule has 0 aliphatic heterocycles. The summed E-state index contributed by atoms with van der Waals surface area (Å²) in [6, 6.07) is 10.2. The maximum atomic E-state index is 12.5. The van der Waals surface area contributed by atoms with Crippen LogP contribution in [0.5, 0.6) is 17.2 Å². The molecule has 1 amide bonds. The van der Waals surface area contributed by atoms with Crippen LogP contribution in [0.1, 0.15) is 42.1 Å². The Kier molecular flexibility index (Phi) is 7.01. The van der Waals surface area contributed by atoms with Crippen LogP contribution in [-0.4, -0.2) is 30.3 Å². The molecule has 0 saturated carbocycles. The number of ether oxygens (including phenoxy) is 2. The maximum Gasteiger partial charge on any atom is 0.261 e. The fourth-order valence-corrected chi connectivity index (χ4v) is 2.71. The number of aromatic hydroxyl groups is 1. The topological polar surface area (TPSA) is 79.8 Å². The van der Waals surface area contributed by atoms with E-state index >= 15 is 0 Å². The molecule has 0 heterocycles. The van der Waals surface area contributed by atoms with E-state index in [1.807, 2.05) is 12.1 Å². The molecule has 27 heavy (non-hydrogen) atoms. The first-order valence-corrected chi connectivity index (χ1v) is 8.97. The van der Waals surface area contributed by atoms with Gasteiger partial charge in [0, 0.05) is 6.07 Å². The number of phenols is 1. The molecule has 0 aromatic heterocycles. The molecule has 0 aliphatic rings. The highest BCUT2D eigenvalue weighted by Crippen LogP contribution is 2.29. The van der Waals surface area contributed by atoms with Crippen molar-refractivity contribution in [2.75, 3.05) is 19.5 Å². The number of methoxy groups -OCH3 is 2. The van der Waals surface area contributed by atoms with Gasteiger partial charge >= 0.3 is 0 Å². The number of anilines is 1. The van der Waals surface area contributed by atoms with Crippen LogP contribution in [0.15, 0.2) is 36.4 Å².